The van der Waals surface area contributed by atoms with E-state index in [0.29, 0.717) is 17.5 Å². The average molecular weight is 461 g/mol. The van der Waals surface area contributed by atoms with E-state index < -0.39 is 0 Å². The van der Waals surface area contributed by atoms with Gasteiger partial charge in [-0.1, -0.05) is 78.4 Å². The van der Waals surface area contributed by atoms with Crippen molar-refractivity contribution < 1.29 is 4.42 Å². The first kappa shape index (κ1) is 20.3. The molecule has 0 fully saturated rings. The van der Waals surface area contributed by atoms with E-state index in [9.17, 15) is 0 Å². The molecule has 3 aromatic heterocycles. The number of pyridine rings is 1. The SMILES string of the molecule is Cc1ccc(-c2cc(-c3ccccc3)c3c(N)c(-c4nnc(-c5ccccc5)o4)sc3n2)cc1. The summed E-state index contributed by atoms with van der Waals surface area (Å²) in [5.41, 5.74) is 13.5. The van der Waals surface area contributed by atoms with Crippen molar-refractivity contribution in [1.29, 1.82) is 0 Å². The number of nitrogens with two attached hydrogens (primary N) is 1. The second-order valence-corrected chi connectivity index (χ2v) is 9.09. The Hall–Kier alpha value is -4.29. The zero-order valence-electron chi connectivity index (χ0n) is 18.4. The van der Waals surface area contributed by atoms with Gasteiger partial charge in [-0.15, -0.1) is 21.5 Å². The van der Waals surface area contributed by atoms with Gasteiger partial charge in [-0.05, 0) is 36.2 Å². The molecule has 3 aromatic carbocycles. The topological polar surface area (TPSA) is 77.8 Å². The third-order valence-electron chi connectivity index (χ3n) is 5.77. The molecular weight excluding hydrogens is 440 g/mol. The second kappa shape index (κ2) is 8.24. The van der Waals surface area contributed by atoms with Crippen molar-refractivity contribution in [1.82, 2.24) is 15.2 Å². The van der Waals surface area contributed by atoms with E-state index in [-0.39, 0.29) is 0 Å². The van der Waals surface area contributed by atoms with Crippen LogP contribution in [0.4, 0.5) is 5.69 Å². The summed E-state index contributed by atoms with van der Waals surface area (Å²) in [4.78, 5) is 6.55. The first-order valence-electron chi connectivity index (χ1n) is 10.9. The number of nitrogens with zero attached hydrogens (tertiary/aromatic N) is 3. The molecule has 0 aliphatic heterocycles. The number of thiophene rings is 1. The van der Waals surface area contributed by atoms with Gasteiger partial charge in [-0.25, -0.2) is 4.98 Å². The predicted octanol–water partition coefficient (Wildman–Crippen LogP) is 7.24. The van der Waals surface area contributed by atoms with E-state index in [4.69, 9.17) is 15.1 Å². The lowest BCUT2D eigenvalue weighted by molar-refractivity contribution is 0.586. The third kappa shape index (κ3) is 3.54. The number of fused-ring (bicyclic) bond motifs is 1. The Morgan fingerprint density at radius 2 is 1.38 bits per heavy atom. The lowest BCUT2D eigenvalue weighted by Crippen LogP contribution is -1.91. The molecule has 164 valence electrons. The molecule has 34 heavy (non-hydrogen) atoms. The summed E-state index contributed by atoms with van der Waals surface area (Å²) in [5, 5.41) is 9.44. The van der Waals surface area contributed by atoms with Crippen molar-refractivity contribution in [2.75, 3.05) is 5.73 Å². The van der Waals surface area contributed by atoms with Crippen LogP contribution in [-0.4, -0.2) is 15.2 Å². The molecule has 0 aliphatic rings. The number of anilines is 1. The highest BCUT2D eigenvalue weighted by atomic mass is 32.1. The van der Waals surface area contributed by atoms with E-state index in [1.54, 1.807) is 0 Å². The van der Waals surface area contributed by atoms with E-state index in [2.05, 4.69) is 59.6 Å². The fraction of sp³-hybridized carbons (Fsp3) is 0.0357. The monoisotopic (exact) mass is 460 g/mol. The van der Waals surface area contributed by atoms with Crippen LogP contribution < -0.4 is 5.73 Å². The van der Waals surface area contributed by atoms with Crippen molar-refractivity contribution in [3.8, 4) is 44.6 Å². The van der Waals surface area contributed by atoms with Gasteiger partial charge in [-0.2, -0.15) is 0 Å². The minimum atomic E-state index is 0.398. The minimum Gasteiger partial charge on any atom is -0.415 e. The number of nitrogen functional groups attached to an aromatic ring is 1. The van der Waals surface area contributed by atoms with E-state index in [1.807, 2.05) is 48.5 Å². The number of benzene rings is 3. The highest BCUT2D eigenvalue weighted by Gasteiger charge is 2.22. The van der Waals surface area contributed by atoms with Crippen LogP contribution in [0.1, 0.15) is 5.56 Å². The molecule has 0 unspecified atom stereocenters. The van der Waals surface area contributed by atoms with Crippen LogP contribution in [-0.2, 0) is 0 Å². The van der Waals surface area contributed by atoms with E-state index in [0.717, 1.165) is 43.0 Å². The quantitative estimate of drug-likeness (QED) is 0.300. The standard InChI is InChI=1S/C28H20N4OS/c1-17-12-14-19(15-13-17)22-16-21(18-8-4-2-5-9-18)23-24(29)25(34-28(23)30-22)27-32-31-26(33-27)20-10-6-3-7-11-20/h2-16H,29H2,1H3. The molecule has 0 spiro atoms. The van der Waals surface area contributed by atoms with Gasteiger partial charge in [0.25, 0.3) is 5.89 Å². The minimum absolute atomic E-state index is 0.398. The van der Waals surface area contributed by atoms with Crippen LogP contribution in [0.3, 0.4) is 0 Å². The first-order valence-corrected chi connectivity index (χ1v) is 11.7. The van der Waals surface area contributed by atoms with Crippen molar-refractivity contribution in [2.45, 2.75) is 6.92 Å². The highest BCUT2D eigenvalue weighted by Crippen LogP contribution is 2.45. The fourth-order valence-corrected chi connectivity index (χ4v) is 5.05. The number of hydrogen-bond acceptors (Lipinski definition) is 6. The highest BCUT2D eigenvalue weighted by molar-refractivity contribution is 7.22. The van der Waals surface area contributed by atoms with Crippen molar-refractivity contribution in [3.05, 3.63) is 96.6 Å². The van der Waals surface area contributed by atoms with Crippen LogP contribution in [0.25, 0.3) is 54.8 Å². The molecule has 5 nitrogen and oxygen atoms in total. The van der Waals surface area contributed by atoms with Crippen LogP contribution in [0.2, 0.25) is 0 Å². The summed E-state index contributed by atoms with van der Waals surface area (Å²) in [5.74, 6) is 0.860. The normalized spacial score (nSPS) is 11.2. The maximum Gasteiger partial charge on any atom is 0.260 e. The van der Waals surface area contributed by atoms with Gasteiger partial charge < -0.3 is 10.2 Å². The zero-order chi connectivity index (χ0) is 23.1. The molecular formula is C28H20N4OS. The maximum atomic E-state index is 6.71. The smallest absolute Gasteiger partial charge is 0.260 e. The van der Waals surface area contributed by atoms with Crippen LogP contribution in [0.5, 0.6) is 0 Å². The molecule has 2 N–H and O–H groups in total. The molecule has 0 atom stereocenters. The van der Waals surface area contributed by atoms with Gasteiger partial charge in [-0.3, -0.25) is 0 Å². The molecule has 0 amide bonds. The Bertz CT molecular complexity index is 1600. The van der Waals surface area contributed by atoms with E-state index >= 15 is 0 Å². The fourth-order valence-electron chi connectivity index (χ4n) is 4.01. The maximum absolute atomic E-state index is 6.71. The number of rotatable bonds is 4. The Labute approximate surface area is 200 Å². The van der Waals surface area contributed by atoms with Crippen molar-refractivity contribution >= 4 is 27.2 Å². The summed E-state index contributed by atoms with van der Waals surface area (Å²) in [6, 6.07) is 30.5. The summed E-state index contributed by atoms with van der Waals surface area (Å²) in [6.45, 7) is 2.08. The van der Waals surface area contributed by atoms with Gasteiger partial charge in [0.15, 0.2) is 0 Å². The largest absolute Gasteiger partial charge is 0.415 e. The Morgan fingerprint density at radius 3 is 2.09 bits per heavy atom. The molecule has 0 bridgehead atoms. The van der Waals surface area contributed by atoms with Gasteiger partial charge >= 0.3 is 0 Å². The summed E-state index contributed by atoms with van der Waals surface area (Å²) in [7, 11) is 0. The summed E-state index contributed by atoms with van der Waals surface area (Å²) >= 11 is 1.47. The molecule has 6 rings (SSSR count). The molecule has 6 heteroatoms. The third-order valence-corrected chi connectivity index (χ3v) is 6.86. The number of aryl methyl sites for hydroxylation is 1. The van der Waals surface area contributed by atoms with Gasteiger partial charge in [0.05, 0.1) is 11.4 Å². The summed E-state index contributed by atoms with van der Waals surface area (Å²) in [6.07, 6.45) is 0. The predicted molar refractivity (Wildman–Crippen MR) is 138 cm³/mol. The average Bonchev–Trinajstić information content (AvgIpc) is 3.50. The lowest BCUT2D eigenvalue weighted by atomic mass is 9.99. The Balaban J connectivity index is 1.55. The zero-order valence-corrected chi connectivity index (χ0v) is 19.2. The molecule has 0 aliphatic carbocycles. The summed E-state index contributed by atoms with van der Waals surface area (Å²) < 4.78 is 6.02. The van der Waals surface area contributed by atoms with Crippen LogP contribution >= 0.6 is 11.3 Å². The lowest BCUT2D eigenvalue weighted by Gasteiger charge is -2.09. The molecule has 3 heterocycles. The molecule has 6 aromatic rings. The Morgan fingerprint density at radius 1 is 0.735 bits per heavy atom. The molecule has 0 radical (unpaired) electrons. The van der Waals surface area contributed by atoms with Gasteiger partial charge in [0.2, 0.25) is 5.89 Å². The van der Waals surface area contributed by atoms with Crippen molar-refractivity contribution in [2.24, 2.45) is 0 Å². The number of aromatic nitrogens is 3. The van der Waals surface area contributed by atoms with Crippen LogP contribution in [0.15, 0.2) is 95.4 Å². The van der Waals surface area contributed by atoms with Gasteiger partial charge in [0, 0.05) is 16.5 Å². The number of hydrogen-bond donors (Lipinski definition) is 1. The van der Waals surface area contributed by atoms with Crippen LogP contribution in [0, 0.1) is 6.92 Å². The Kier molecular flexibility index (Phi) is 4.93. The van der Waals surface area contributed by atoms with E-state index in [1.165, 1.54) is 16.9 Å². The first-order chi connectivity index (χ1) is 16.7. The van der Waals surface area contributed by atoms with Crippen molar-refractivity contribution in [3.63, 3.8) is 0 Å². The molecule has 0 saturated carbocycles. The molecule has 0 saturated heterocycles. The second-order valence-electron chi connectivity index (χ2n) is 8.09. The van der Waals surface area contributed by atoms with Gasteiger partial charge in [0.1, 0.15) is 9.71 Å².